The minimum atomic E-state index is -0.574. The van der Waals surface area contributed by atoms with Gasteiger partial charge in [-0.25, -0.2) is 14.6 Å². The van der Waals surface area contributed by atoms with Crippen LogP contribution < -0.4 is 5.32 Å². The normalized spacial score (nSPS) is 16.5. The first-order valence-corrected chi connectivity index (χ1v) is 10.6. The summed E-state index contributed by atoms with van der Waals surface area (Å²) in [4.78, 5) is 32.6. The smallest absolute Gasteiger partial charge is 0.407 e. The van der Waals surface area contributed by atoms with Crippen molar-refractivity contribution >= 4 is 28.7 Å². The van der Waals surface area contributed by atoms with Crippen LogP contribution in [0, 0.1) is 0 Å². The third-order valence-electron chi connectivity index (χ3n) is 5.31. The fraction of sp³-hybridized carbons (Fsp3) is 0.375. The molecule has 0 bridgehead atoms. The summed E-state index contributed by atoms with van der Waals surface area (Å²) in [7, 11) is 1.35. The minimum absolute atomic E-state index is 0.121. The van der Waals surface area contributed by atoms with E-state index in [0.29, 0.717) is 23.4 Å². The number of allylic oxidation sites excluding steroid dienone is 1. The Kier molecular flexibility index (Phi) is 5.78. The number of amides is 1. The van der Waals surface area contributed by atoms with Crippen LogP contribution in [0.2, 0.25) is 0 Å². The predicted octanol–water partition coefficient (Wildman–Crippen LogP) is 5.07. The van der Waals surface area contributed by atoms with Crippen molar-refractivity contribution < 1.29 is 23.5 Å². The summed E-state index contributed by atoms with van der Waals surface area (Å²) < 4.78 is 16.1. The van der Waals surface area contributed by atoms with Gasteiger partial charge in [-0.2, -0.15) is 0 Å². The van der Waals surface area contributed by atoms with Gasteiger partial charge in [0.2, 0.25) is 0 Å². The number of fused-ring (bicyclic) bond motifs is 1. The fourth-order valence-electron chi connectivity index (χ4n) is 4.03. The molecular weight excluding hydrogens is 410 g/mol. The Morgan fingerprint density at radius 3 is 2.81 bits per heavy atom. The van der Waals surface area contributed by atoms with Gasteiger partial charge in [0, 0.05) is 34.9 Å². The summed E-state index contributed by atoms with van der Waals surface area (Å²) in [6.45, 7) is 5.49. The zero-order chi connectivity index (χ0) is 22.9. The van der Waals surface area contributed by atoms with Crippen molar-refractivity contribution in [3.8, 4) is 11.3 Å². The van der Waals surface area contributed by atoms with Gasteiger partial charge in [-0.1, -0.05) is 6.08 Å². The van der Waals surface area contributed by atoms with E-state index < -0.39 is 17.7 Å². The lowest BCUT2D eigenvalue weighted by Crippen LogP contribution is -2.40. The minimum Gasteiger partial charge on any atom is -0.465 e. The van der Waals surface area contributed by atoms with Crippen molar-refractivity contribution in [2.75, 3.05) is 7.11 Å². The Balaban J connectivity index is 1.75. The van der Waals surface area contributed by atoms with Gasteiger partial charge in [-0.15, -0.1) is 0 Å². The van der Waals surface area contributed by atoms with E-state index >= 15 is 0 Å². The molecular formula is C24H27N3O5. The highest BCUT2D eigenvalue weighted by atomic mass is 16.6. The molecule has 1 unspecified atom stereocenters. The number of H-pyrrole nitrogens is 1. The molecule has 3 aromatic heterocycles. The molecule has 0 fully saturated rings. The molecule has 8 nitrogen and oxygen atoms in total. The Labute approximate surface area is 186 Å². The van der Waals surface area contributed by atoms with Gasteiger partial charge in [0.05, 0.1) is 18.9 Å². The number of aromatic nitrogens is 2. The molecule has 0 saturated carbocycles. The van der Waals surface area contributed by atoms with Gasteiger partial charge in [0.15, 0.2) is 0 Å². The highest BCUT2D eigenvalue weighted by molar-refractivity contribution is 6.08. The number of carbonyl (C=O) groups is 2. The number of hydrogen-bond donors (Lipinski definition) is 2. The summed E-state index contributed by atoms with van der Waals surface area (Å²) in [6, 6.07) is 3.55. The first kappa shape index (κ1) is 21.7. The molecule has 1 aliphatic rings. The summed E-state index contributed by atoms with van der Waals surface area (Å²) >= 11 is 0. The lowest BCUT2D eigenvalue weighted by molar-refractivity contribution is 0.0501. The van der Waals surface area contributed by atoms with Gasteiger partial charge >= 0.3 is 12.1 Å². The third-order valence-corrected chi connectivity index (χ3v) is 5.31. The topological polar surface area (TPSA) is 106 Å². The molecule has 168 valence electrons. The van der Waals surface area contributed by atoms with E-state index in [0.717, 1.165) is 34.9 Å². The molecule has 32 heavy (non-hydrogen) atoms. The number of ether oxygens (including phenoxy) is 2. The van der Waals surface area contributed by atoms with E-state index in [-0.39, 0.29) is 6.04 Å². The Morgan fingerprint density at radius 2 is 2.12 bits per heavy atom. The van der Waals surface area contributed by atoms with Gasteiger partial charge in [0.25, 0.3) is 0 Å². The van der Waals surface area contributed by atoms with Gasteiger partial charge in [0.1, 0.15) is 17.0 Å². The first-order valence-electron chi connectivity index (χ1n) is 10.6. The lowest BCUT2D eigenvalue weighted by Gasteiger charge is -2.27. The Morgan fingerprint density at radius 1 is 1.31 bits per heavy atom. The van der Waals surface area contributed by atoms with E-state index in [1.807, 2.05) is 39.1 Å². The van der Waals surface area contributed by atoms with Crippen molar-refractivity contribution in [2.24, 2.45) is 0 Å². The monoisotopic (exact) mass is 437 g/mol. The summed E-state index contributed by atoms with van der Waals surface area (Å²) in [5.41, 5.74) is 2.93. The number of nitrogens with one attached hydrogen (secondary N) is 2. The number of aromatic amines is 1. The molecule has 0 saturated heterocycles. The van der Waals surface area contributed by atoms with Crippen LogP contribution in [-0.2, 0) is 9.47 Å². The SMILES string of the molecule is COC(=O)c1cnc2[nH]cc(-c3ccco3)c2c1C1=CCCC(NC(=O)OC(C)(C)C)C1. The molecule has 4 rings (SSSR count). The second-order valence-corrected chi connectivity index (χ2v) is 8.80. The molecule has 2 N–H and O–H groups in total. The highest BCUT2D eigenvalue weighted by Crippen LogP contribution is 2.39. The van der Waals surface area contributed by atoms with E-state index in [2.05, 4.69) is 21.4 Å². The lowest BCUT2D eigenvalue weighted by atomic mass is 9.86. The second kappa shape index (κ2) is 8.53. The number of rotatable bonds is 4. The average molecular weight is 437 g/mol. The molecule has 0 radical (unpaired) electrons. The maximum Gasteiger partial charge on any atom is 0.407 e. The van der Waals surface area contributed by atoms with Crippen molar-refractivity contribution in [3.05, 3.63) is 48.0 Å². The molecule has 0 aliphatic heterocycles. The van der Waals surface area contributed by atoms with Crippen LogP contribution in [0.25, 0.3) is 27.9 Å². The average Bonchev–Trinajstić information content (AvgIpc) is 3.40. The van der Waals surface area contributed by atoms with Crippen molar-refractivity contribution in [3.63, 3.8) is 0 Å². The third kappa shape index (κ3) is 4.39. The number of alkyl carbamates (subject to hydrolysis) is 1. The van der Waals surface area contributed by atoms with Crippen molar-refractivity contribution in [1.82, 2.24) is 15.3 Å². The number of methoxy groups -OCH3 is 1. The first-order chi connectivity index (χ1) is 15.3. The summed E-state index contributed by atoms with van der Waals surface area (Å²) in [5.74, 6) is 0.199. The number of pyridine rings is 1. The maximum atomic E-state index is 12.6. The van der Waals surface area contributed by atoms with Gasteiger partial charge in [-0.05, 0) is 57.7 Å². The molecule has 3 aromatic rings. The van der Waals surface area contributed by atoms with Gasteiger partial charge < -0.3 is 24.2 Å². The van der Waals surface area contributed by atoms with Crippen LogP contribution in [0.1, 0.15) is 56.0 Å². The van der Waals surface area contributed by atoms with E-state index in [4.69, 9.17) is 13.9 Å². The summed E-state index contributed by atoms with van der Waals surface area (Å²) in [6.07, 6.45) is 8.68. The van der Waals surface area contributed by atoms with Crippen LogP contribution in [0.4, 0.5) is 4.79 Å². The second-order valence-electron chi connectivity index (χ2n) is 8.80. The van der Waals surface area contributed by atoms with Crippen LogP contribution in [0.5, 0.6) is 0 Å². The molecule has 8 heteroatoms. The van der Waals surface area contributed by atoms with Crippen LogP contribution in [-0.4, -0.2) is 40.8 Å². The molecule has 0 spiro atoms. The molecule has 1 atom stereocenters. The standard InChI is InChI=1S/C24H27N3O5/c1-24(2,3)32-23(29)27-15-8-5-7-14(11-15)19-17(22(28)30-4)13-26-21-20(19)16(12-25-21)18-9-6-10-31-18/h6-7,9-10,12-13,15H,5,8,11H2,1-4H3,(H,25,26)(H,27,29). The fourth-order valence-corrected chi connectivity index (χ4v) is 4.03. The Hall–Kier alpha value is -3.55. The predicted molar refractivity (Wildman–Crippen MR) is 120 cm³/mol. The van der Waals surface area contributed by atoms with Crippen molar-refractivity contribution in [1.29, 1.82) is 0 Å². The van der Waals surface area contributed by atoms with Crippen LogP contribution in [0.15, 0.2) is 41.3 Å². The molecule has 1 amide bonds. The number of hydrogen-bond acceptors (Lipinski definition) is 6. The van der Waals surface area contributed by atoms with E-state index in [9.17, 15) is 9.59 Å². The molecule has 1 aliphatic carbocycles. The quantitative estimate of drug-likeness (QED) is 0.552. The summed E-state index contributed by atoms with van der Waals surface area (Å²) in [5, 5.41) is 3.75. The maximum absolute atomic E-state index is 12.6. The van der Waals surface area contributed by atoms with E-state index in [1.165, 1.54) is 13.3 Å². The van der Waals surface area contributed by atoms with Gasteiger partial charge in [-0.3, -0.25) is 0 Å². The Bertz CT molecular complexity index is 1170. The van der Waals surface area contributed by atoms with E-state index in [1.54, 1.807) is 6.26 Å². The van der Waals surface area contributed by atoms with Crippen molar-refractivity contribution in [2.45, 2.75) is 51.7 Å². The number of furan rings is 1. The largest absolute Gasteiger partial charge is 0.465 e. The zero-order valence-corrected chi connectivity index (χ0v) is 18.7. The number of nitrogens with zero attached hydrogens (tertiary/aromatic N) is 1. The number of esters is 1. The molecule has 3 heterocycles. The molecule has 0 aromatic carbocycles. The van der Waals surface area contributed by atoms with Crippen LogP contribution >= 0.6 is 0 Å². The number of carbonyl (C=O) groups excluding carboxylic acids is 2. The highest BCUT2D eigenvalue weighted by Gasteiger charge is 2.28. The zero-order valence-electron chi connectivity index (χ0n) is 18.7. The van der Waals surface area contributed by atoms with Crippen LogP contribution in [0.3, 0.4) is 0 Å².